The first-order chi connectivity index (χ1) is 12.6. The zero-order valence-electron chi connectivity index (χ0n) is 15.3. The number of rotatable bonds is 6. The molecular formula is C20H25N3O2S. The topological polar surface area (TPSA) is 54.5 Å². The fourth-order valence-electron chi connectivity index (χ4n) is 3.01. The lowest BCUT2D eigenvalue weighted by Gasteiger charge is -2.34. The molecule has 0 bridgehead atoms. The fraction of sp³-hybridized carbons (Fsp3) is 0.400. The van der Waals surface area contributed by atoms with E-state index in [0.29, 0.717) is 6.54 Å². The van der Waals surface area contributed by atoms with Crippen molar-refractivity contribution in [3.05, 3.63) is 57.6 Å². The summed E-state index contributed by atoms with van der Waals surface area (Å²) in [7, 11) is 0. The van der Waals surface area contributed by atoms with Gasteiger partial charge in [0.05, 0.1) is 30.0 Å². The highest BCUT2D eigenvalue weighted by Gasteiger charge is 2.22. The molecule has 0 saturated carbocycles. The van der Waals surface area contributed by atoms with Crippen molar-refractivity contribution in [1.29, 1.82) is 0 Å². The van der Waals surface area contributed by atoms with Gasteiger partial charge in [0.1, 0.15) is 0 Å². The van der Waals surface area contributed by atoms with Crippen molar-refractivity contribution in [3.63, 3.8) is 0 Å². The van der Waals surface area contributed by atoms with E-state index in [9.17, 15) is 4.79 Å². The summed E-state index contributed by atoms with van der Waals surface area (Å²) in [6.45, 7) is 7.84. The summed E-state index contributed by atoms with van der Waals surface area (Å²) in [5, 5.41) is 5.98. The summed E-state index contributed by atoms with van der Waals surface area (Å²) >= 11 is 1.58. The second kappa shape index (κ2) is 9.07. The summed E-state index contributed by atoms with van der Waals surface area (Å²) in [6, 6.07) is 8.69. The third-order valence-corrected chi connectivity index (χ3v) is 5.25. The minimum absolute atomic E-state index is 0.0963. The van der Waals surface area contributed by atoms with Gasteiger partial charge >= 0.3 is 0 Å². The Hall–Kier alpha value is -2.02. The molecule has 1 aromatic heterocycles. The van der Waals surface area contributed by atoms with Crippen LogP contribution in [0.3, 0.4) is 0 Å². The molecule has 5 nitrogen and oxygen atoms in total. The second-order valence-electron chi connectivity index (χ2n) is 6.44. The van der Waals surface area contributed by atoms with Crippen molar-refractivity contribution in [1.82, 2.24) is 15.2 Å². The highest BCUT2D eigenvalue weighted by atomic mass is 32.1. The maximum atomic E-state index is 12.2. The van der Waals surface area contributed by atoms with Crippen molar-refractivity contribution in [2.24, 2.45) is 0 Å². The van der Waals surface area contributed by atoms with E-state index in [1.807, 2.05) is 12.3 Å². The zero-order chi connectivity index (χ0) is 18.4. The van der Waals surface area contributed by atoms with E-state index in [4.69, 9.17) is 4.74 Å². The number of amides is 1. The lowest BCUT2D eigenvalue weighted by Crippen LogP contribution is -2.43. The molecule has 1 unspecified atom stereocenters. The van der Waals surface area contributed by atoms with Crippen LogP contribution in [0.25, 0.3) is 6.08 Å². The molecule has 1 atom stereocenters. The molecule has 138 valence electrons. The van der Waals surface area contributed by atoms with Crippen LogP contribution in [0.5, 0.6) is 0 Å². The van der Waals surface area contributed by atoms with E-state index < -0.39 is 0 Å². The van der Waals surface area contributed by atoms with Gasteiger partial charge in [-0.15, -0.1) is 11.3 Å². The number of carbonyl (C=O) groups excluding carboxylic acids is 1. The molecule has 26 heavy (non-hydrogen) atoms. The van der Waals surface area contributed by atoms with Crippen LogP contribution in [0.2, 0.25) is 0 Å². The number of hydrogen-bond donors (Lipinski definition) is 1. The largest absolute Gasteiger partial charge is 0.379 e. The molecule has 0 radical (unpaired) electrons. The maximum Gasteiger partial charge on any atom is 0.244 e. The summed E-state index contributed by atoms with van der Waals surface area (Å²) in [5.74, 6) is -0.0963. The number of nitrogens with one attached hydrogen (secondary N) is 1. The highest BCUT2D eigenvalue weighted by Crippen LogP contribution is 2.21. The van der Waals surface area contributed by atoms with Gasteiger partial charge in [0.15, 0.2) is 0 Å². The van der Waals surface area contributed by atoms with E-state index in [2.05, 4.69) is 46.4 Å². The Balaban J connectivity index is 1.64. The minimum Gasteiger partial charge on any atom is -0.379 e. The first-order valence-corrected chi connectivity index (χ1v) is 9.76. The van der Waals surface area contributed by atoms with E-state index >= 15 is 0 Å². The van der Waals surface area contributed by atoms with E-state index in [1.54, 1.807) is 23.5 Å². The van der Waals surface area contributed by atoms with Gasteiger partial charge in [-0.25, -0.2) is 4.98 Å². The molecule has 0 aliphatic carbocycles. The molecule has 1 saturated heterocycles. The van der Waals surface area contributed by atoms with Crippen LogP contribution in [0.15, 0.2) is 35.7 Å². The molecule has 2 aromatic rings. The smallest absolute Gasteiger partial charge is 0.244 e. The average molecular weight is 372 g/mol. The van der Waals surface area contributed by atoms with Crippen molar-refractivity contribution in [2.75, 3.05) is 32.8 Å². The lowest BCUT2D eigenvalue weighted by atomic mass is 10.0. The Kier molecular flexibility index (Phi) is 6.55. The van der Waals surface area contributed by atoms with Crippen LogP contribution < -0.4 is 5.32 Å². The summed E-state index contributed by atoms with van der Waals surface area (Å²) in [6.07, 6.45) is 3.31. The van der Waals surface area contributed by atoms with E-state index in [1.165, 1.54) is 11.1 Å². The maximum absolute atomic E-state index is 12.2. The van der Waals surface area contributed by atoms with Gasteiger partial charge in [0, 0.05) is 31.1 Å². The van der Waals surface area contributed by atoms with Crippen molar-refractivity contribution >= 4 is 23.3 Å². The summed E-state index contributed by atoms with van der Waals surface area (Å²) in [5.41, 5.74) is 3.28. The predicted molar refractivity (Wildman–Crippen MR) is 105 cm³/mol. The number of thiazole rings is 1. The van der Waals surface area contributed by atoms with Gasteiger partial charge in [-0.05, 0) is 25.5 Å². The third-order valence-electron chi connectivity index (χ3n) is 4.46. The molecule has 1 fully saturated rings. The number of aryl methyl sites for hydroxylation is 2. The van der Waals surface area contributed by atoms with Crippen LogP contribution in [0, 0.1) is 13.8 Å². The normalized spacial score (nSPS) is 16.7. The zero-order valence-corrected chi connectivity index (χ0v) is 16.1. The van der Waals surface area contributed by atoms with E-state index in [0.717, 1.165) is 37.0 Å². The van der Waals surface area contributed by atoms with Crippen molar-refractivity contribution in [3.8, 4) is 0 Å². The third kappa shape index (κ3) is 5.24. The molecule has 1 aromatic carbocycles. The van der Waals surface area contributed by atoms with Gasteiger partial charge in [-0.1, -0.05) is 29.8 Å². The minimum atomic E-state index is -0.0963. The molecule has 6 heteroatoms. The molecule has 2 heterocycles. The number of benzene rings is 1. The quantitative estimate of drug-likeness (QED) is 0.793. The average Bonchev–Trinajstić information content (AvgIpc) is 3.08. The molecule has 0 spiro atoms. The molecule has 1 aliphatic heterocycles. The molecule has 1 N–H and O–H groups in total. The van der Waals surface area contributed by atoms with Crippen LogP contribution in [-0.4, -0.2) is 48.6 Å². The van der Waals surface area contributed by atoms with Crippen molar-refractivity contribution < 1.29 is 9.53 Å². The van der Waals surface area contributed by atoms with Crippen LogP contribution in [-0.2, 0) is 9.53 Å². The van der Waals surface area contributed by atoms with Crippen molar-refractivity contribution in [2.45, 2.75) is 19.9 Å². The fourth-order valence-corrected chi connectivity index (χ4v) is 3.59. The molecule has 1 aliphatic rings. The Morgan fingerprint density at radius 3 is 2.69 bits per heavy atom. The van der Waals surface area contributed by atoms with Crippen LogP contribution >= 0.6 is 11.3 Å². The van der Waals surface area contributed by atoms with E-state index in [-0.39, 0.29) is 11.9 Å². The second-order valence-corrected chi connectivity index (χ2v) is 7.51. The predicted octanol–water partition coefficient (Wildman–Crippen LogP) is 2.96. The summed E-state index contributed by atoms with van der Waals surface area (Å²) < 4.78 is 5.47. The number of carbonyl (C=O) groups is 1. The Morgan fingerprint density at radius 1 is 1.31 bits per heavy atom. The van der Waals surface area contributed by atoms with Gasteiger partial charge in [-0.2, -0.15) is 0 Å². The first kappa shape index (κ1) is 18.8. The highest BCUT2D eigenvalue weighted by molar-refractivity contribution is 7.09. The SMILES string of the molecule is Cc1ccc(C(CNC(=O)/C=C/c2csc(C)n2)N2CCOCC2)cc1. The van der Waals surface area contributed by atoms with Gasteiger partial charge in [0.2, 0.25) is 5.91 Å². The number of nitrogens with zero attached hydrogens (tertiary/aromatic N) is 2. The molecule has 3 rings (SSSR count). The summed E-state index contributed by atoms with van der Waals surface area (Å²) in [4.78, 5) is 18.9. The van der Waals surface area contributed by atoms with Gasteiger partial charge in [0.25, 0.3) is 0 Å². The lowest BCUT2D eigenvalue weighted by molar-refractivity contribution is -0.116. The standard InChI is InChI=1S/C20H25N3O2S/c1-15-3-5-17(6-4-15)19(23-9-11-25-12-10-23)13-21-20(24)8-7-18-14-26-16(2)22-18/h3-8,14,19H,9-13H2,1-2H3,(H,21,24)/b8-7+. The Labute approximate surface area is 158 Å². The number of morpholine rings is 1. The first-order valence-electron chi connectivity index (χ1n) is 8.88. The number of ether oxygens (including phenoxy) is 1. The van der Waals surface area contributed by atoms with Gasteiger partial charge in [-0.3, -0.25) is 9.69 Å². The van der Waals surface area contributed by atoms with Crippen LogP contribution in [0.4, 0.5) is 0 Å². The monoisotopic (exact) mass is 371 g/mol. The Morgan fingerprint density at radius 2 is 2.04 bits per heavy atom. The molecule has 1 amide bonds. The number of hydrogen-bond acceptors (Lipinski definition) is 5. The molecular weight excluding hydrogens is 346 g/mol. The van der Waals surface area contributed by atoms with Crippen LogP contribution in [0.1, 0.15) is 27.9 Å². The Bertz CT molecular complexity index is 749. The van der Waals surface area contributed by atoms with Gasteiger partial charge < -0.3 is 10.1 Å². The number of aromatic nitrogens is 1.